The van der Waals surface area contributed by atoms with Gasteiger partial charge >= 0.3 is 0 Å². The van der Waals surface area contributed by atoms with Crippen molar-refractivity contribution >= 4 is 0 Å². The fourth-order valence-electron chi connectivity index (χ4n) is 2.49. The molecule has 4 heteroatoms. The summed E-state index contributed by atoms with van der Waals surface area (Å²) in [5.74, 6) is 0.871. The molecule has 1 N–H and O–H groups in total. The predicted octanol–water partition coefficient (Wildman–Crippen LogP) is 4.16. The molecule has 2 rings (SSSR count). The van der Waals surface area contributed by atoms with Crippen LogP contribution in [0.5, 0.6) is 17.2 Å². The van der Waals surface area contributed by atoms with Crippen LogP contribution in [0.4, 0.5) is 0 Å². The van der Waals surface area contributed by atoms with E-state index in [-0.39, 0.29) is 12.2 Å². The number of benzene rings is 2. The van der Waals surface area contributed by atoms with Crippen molar-refractivity contribution in [2.24, 2.45) is 0 Å². The second-order valence-corrected chi connectivity index (χ2v) is 5.89. The number of aliphatic hydroxyl groups is 1. The van der Waals surface area contributed by atoms with E-state index < -0.39 is 19.7 Å². The van der Waals surface area contributed by atoms with Gasteiger partial charge in [-0.15, -0.1) is 0 Å². The zero-order chi connectivity index (χ0) is 22.4. The Morgan fingerprint density at radius 3 is 2.76 bits per heavy atom. The Labute approximate surface area is 157 Å². The van der Waals surface area contributed by atoms with E-state index in [1.165, 1.54) is 7.11 Å². The third kappa shape index (κ3) is 6.31. The van der Waals surface area contributed by atoms with Crippen molar-refractivity contribution in [1.29, 1.82) is 0 Å². The molecule has 1 atom stereocenters. The standard InChI is InChI=1S/C21H28O4/c1-16-7-6-10-19(13-16)25-15-18(22)9-5-4-8-17-11-12-20(23-2)21(14-17)24-3/h6-7,10-14,18,22H,4-5,8-9,15H2,1-3H3/i2D3,15D2. The molecule has 0 radical (unpaired) electrons. The minimum Gasteiger partial charge on any atom is -0.493 e. The van der Waals surface area contributed by atoms with Crippen LogP contribution >= 0.6 is 0 Å². The molecule has 0 saturated carbocycles. The van der Waals surface area contributed by atoms with E-state index in [9.17, 15) is 5.11 Å². The lowest BCUT2D eigenvalue weighted by atomic mass is 10.0. The number of hydrogen-bond donors (Lipinski definition) is 1. The molecule has 2 aromatic carbocycles. The SMILES string of the molecule is [2H]C([2H])([2H])Oc1ccc(CCCCC(O)C([2H])([2H])Oc2cccc(C)c2)cc1OC. The number of ether oxygens (including phenoxy) is 3. The van der Waals surface area contributed by atoms with Gasteiger partial charge in [-0.2, -0.15) is 0 Å². The molecule has 1 unspecified atom stereocenters. The lowest BCUT2D eigenvalue weighted by Crippen LogP contribution is -2.17. The lowest BCUT2D eigenvalue weighted by molar-refractivity contribution is 0.0976. The number of methoxy groups -OCH3 is 2. The summed E-state index contributed by atoms with van der Waals surface area (Å²) in [5.41, 5.74) is 1.88. The Balaban J connectivity index is 1.85. The average molecular weight is 349 g/mol. The van der Waals surface area contributed by atoms with Crippen molar-refractivity contribution in [1.82, 2.24) is 0 Å². The van der Waals surface area contributed by atoms with Gasteiger partial charge in [0.1, 0.15) is 12.3 Å². The summed E-state index contributed by atoms with van der Waals surface area (Å²) in [7, 11) is -1.11. The van der Waals surface area contributed by atoms with Crippen LogP contribution in [0.2, 0.25) is 0 Å². The van der Waals surface area contributed by atoms with E-state index in [4.69, 9.17) is 21.1 Å². The maximum Gasteiger partial charge on any atom is 0.160 e. The van der Waals surface area contributed by atoms with Crippen molar-refractivity contribution in [3.05, 3.63) is 53.6 Å². The molecule has 0 heterocycles. The molecule has 136 valence electrons. The van der Waals surface area contributed by atoms with Crippen molar-refractivity contribution < 1.29 is 26.2 Å². The van der Waals surface area contributed by atoms with Crippen molar-refractivity contribution in [2.75, 3.05) is 20.7 Å². The average Bonchev–Trinajstić information content (AvgIpc) is 2.64. The first-order valence-corrected chi connectivity index (χ1v) is 8.30. The molecule has 0 saturated heterocycles. The van der Waals surface area contributed by atoms with E-state index in [0.29, 0.717) is 30.8 Å². The molecule has 0 aliphatic rings. The molecule has 0 spiro atoms. The van der Waals surface area contributed by atoms with Gasteiger partial charge in [0.2, 0.25) is 0 Å². The Hall–Kier alpha value is -2.20. The zero-order valence-corrected chi connectivity index (χ0v) is 14.6. The van der Waals surface area contributed by atoms with E-state index in [1.54, 1.807) is 36.4 Å². The fraction of sp³-hybridized carbons (Fsp3) is 0.429. The molecule has 0 amide bonds. The molecular formula is C21H28O4. The topological polar surface area (TPSA) is 47.9 Å². The van der Waals surface area contributed by atoms with E-state index >= 15 is 0 Å². The van der Waals surface area contributed by atoms with Crippen LogP contribution in [0, 0.1) is 6.92 Å². The maximum atomic E-state index is 10.2. The Morgan fingerprint density at radius 1 is 1.12 bits per heavy atom. The first kappa shape index (κ1) is 13.1. The van der Waals surface area contributed by atoms with Gasteiger partial charge in [-0.1, -0.05) is 24.6 Å². The van der Waals surface area contributed by atoms with Crippen molar-refractivity contribution in [3.8, 4) is 17.2 Å². The first-order valence-electron chi connectivity index (χ1n) is 10.8. The minimum atomic E-state index is -2.55. The van der Waals surface area contributed by atoms with Gasteiger partial charge in [0, 0.05) is 0 Å². The summed E-state index contributed by atoms with van der Waals surface area (Å²) in [6.07, 6.45) is 0.950. The molecule has 0 fully saturated rings. The van der Waals surface area contributed by atoms with Gasteiger partial charge < -0.3 is 19.3 Å². The summed E-state index contributed by atoms with van der Waals surface area (Å²) in [6.45, 7) is -0.305. The smallest absolute Gasteiger partial charge is 0.160 e. The van der Waals surface area contributed by atoms with Crippen LogP contribution in [0.3, 0.4) is 0 Å². The summed E-state index contributed by atoms with van der Waals surface area (Å²) in [5, 5.41) is 10.2. The number of unbranched alkanes of at least 4 members (excludes halogenated alkanes) is 1. The van der Waals surface area contributed by atoms with Gasteiger partial charge in [0.15, 0.2) is 11.5 Å². The minimum absolute atomic E-state index is 0.151. The lowest BCUT2D eigenvalue weighted by Gasteiger charge is -2.13. The second kappa shape index (κ2) is 9.94. The Bertz CT molecular complexity index is 823. The fourth-order valence-corrected chi connectivity index (χ4v) is 2.49. The summed E-state index contributed by atoms with van der Waals surface area (Å²) in [4.78, 5) is 0. The second-order valence-electron chi connectivity index (χ2n) is 5.89. The Kier molecular flexibility index (Phi) is 5.20. The van der Waals surface area contributed by atoms with Crippen LogP contribution in [-0.4, -0.2) is 31.9 Å². The molecule has 2 aromatic rings. The van der Waals surface area contributed by atoms with Crippen LogP contribution in [0.15, 0.2) is 42.5 Å². The number of aliphatic hydroxyl groups excluding tert-OH is 1. The number of hydrogen-bond acceptors (Lipinski definition) is 4. The van der Waals surface area contributed by atoms with E-state index in [2.05, 4.69) is 0 Å². The molecule has 0 aliphatic heterocycles. The first-order chi connectivity index (χ1) is 14.0. The monoisotopic (exact) mass is 349 g/mol. The highest BCUT2D eigenvalue weighted by Crippen LogP contribution is 2.28. The number of rotatable bonds is 10. The van der Waals surface area contributed by atoms with Crippen molar-refractivity contribution in [2.45, 2.75) is 38.7 Å². The van der Waals surface area contributed by atoms with Gasteiger partial charge in [-0.05, 0) is 61.6 Å². The highest BCUT2D eigenvalue weighted by atomic mass is 16.5. The van der Waals surface area contributed by atoms with Gasteiger partial charge in [-0.3, -0.25) is 0 Å². The summed E-state index contributed by atoms with van der Waals surface area (Å²) in [6, 6.07) is 12.1. The summed E-state index contributed by atoms with van der Waals surface area (Å²) < 4.78 is 53.1. The predicted molar refractivity (Wildman–Crippen MR) is 99.8 cm³/mol. The van der Waals surface area contributed by atoms with Crippen molar-refractivity contribution in [3.63, 3.8) is 0 Å². The zero-order valence-electron chi connectivity index (χ0n) is 19.6. The quantitative estimate of drug-likeness (QED) is 0.654. The normalized spacial score (nSPS) is 15.9. The Morgan fingerprint density at radius 2 is 2.00 bits per heavy atom. The molecular weight excluding hydrogens is 316 g/mol. The van der Waals surface area contributed by atoms with Crippen LogP contribution in [-0.2, 0) is 6.42 Å². The maximum absolute atomic E-state index is 10.2. The molecule has 25 heavy (non-hydrogen) atoms. The largest absolute Gasteiger partial charge is 0.493 e. The van der Waals surface area contributed by atoms with E-state index in [0.717, 1.165) is 11.1 Å². The molecule has 0 aromatic heterocycles. The molecule has 0 aliphatic carbocycles. The third-order valence-electron chi connectivity index (χ3n) is 3.83. The number of aryl methyl sites for hydroxylation is 2. The highest BCUT2D eigenvalue weighted by Gasteiger charge is 2.07. The molecule has 0 bridgehead atoms. The molecule has 4 nitrogen and oxygen atoms in total. The summed E-state index contributed by atoms with van der Waals surface area (Å²) >= 11 is 0. The van der Waals surface area contributed by atoms with Gasteiger partial charge in [0.05, 0.1) is 27.1 Å². The van der Waals surface area contributed by atoms with Crippen LogP contribution in [0.1, 0.15) is 37.2 Å². The van der Waals surface area contributed by atoms with Crippen LogP contribution in [0.25, 0.3) is 0 Å². The third-order valence-corrected chi connectivity index (χ3v) is 3.83. The van der Waals surface area contributed by atoms with E-state index in [1.807, 2.05) is 13.0 Å². The van der Waals surface area contributed by atoms with Crippen LogP contribution < -0.4 is 14.2 Å². The highest BCUT2D eigenvalue weighted by molar-refractivity contribution is 5.42. The van der Waals surface area contributed by atoms with Gasteiger partial charge in [0.25, 0.3) is 0 Å². The van der Waals surface area contributed by atoms with Gasteiger partial charge in [-0.25, -0.2) is 0 Å².